The van der Waals surface area contributed by atoms with Crippen LogP contribution in [0.5, 0.6) is 5.75 Å². The Kier molecular flexibility index (Phi) is 5.00. The molecule has 3 aromatic rings. The number of aliphatic hydroxyl groups is 2. The summed E-state index contributed by atoms with van der Waals surface area (Å²) in [4.78, 5) is 32.8. The number of carbonyl (C=O) groups excluding carboxylic acids is 1. The van der Waals surface area contributed by atoms with E-state index in [1.54, 1.807) is 29.7 Å². The molecule has 1 aromatic carbocycles. The standard InChI is InChI=1S/C26H27N3O6/c1-2-26(34)19-10-21-23-14(11-29(21)24(32)18(19)13-35-25(26)33)9-16-17(22(31)4-3-20(16)27-23)12-28-7-5-15(30)6-8-28/h3-4,9-10,15,30-31,34H,2,5-8,11-13H2,1H3/t26-/m0/s1. The van der Waals surface area contributed by atoms with Gasteiger partial charge in [-0.3, -0.25) is 9.69 Å². The Morgan fingerprint density at radius 3 is 2.71 bits per heavy atom. The maximum Gasteiger partial charge on any atom is 0.343 e. The molecule has 2 aromatic heterocycles. The summed E-state index contributed by atoms with van der Waals surface area (Å²) < 4.78 is 6.74. The predicted octanol–water partition coefficient (Wildman–Crippen LogP) is 1.74. The lowest BCUT2D eigenvalue weighted by molar-refractivity contribution is -0.172. The number of hydrogen-bond donors (Lipinski definition) is 3. The van der Waals surface area contributed by atoms with Crippen molar-refractivity contribution in [3.8, 4) is 17.1 Å². The first kappa shape index (κ1) is 22.2. The molecule has 0 unspecified atom stereocenters. The molecular formula is C26H27N3O6. The molecule has 0 radical (unpaired) electrons. The maximum absolute atomic E-state index is 13.4. The number of aliphatic hydroxyl groups excluding tert-OH is 1. The number of phenolic OH excluding ortho intramolecular Hbond substituents is 1. The van der Waals surface area contributed by atoms with Gasteiger partial charge in [0.25, 0.3) is 5.56 Å². The van der Waals surface area contributed by atoms with Crippen molar-refractivity contribution in [1.82, 2.24) is 14.5 Å². The number of rotatable bonds is 3. The zero-order valence-electron chi connectivity index (χ0n) is 19.5. The monoisotopic (exact) mass is 477 g/mol. The van der Waals surface area contributed by atoms with E-state index in [0.29, 0.717) is 54.0 Å². The zero-order valence-corrected chi connectivity index (χ0v) is 19.5. The van der Waals surface area contributed by atoms with Crippen molar-refractivity contribution in [2.75, 3.05) is 13.1 Å². The van der Waals surface area contributed by atoms with Gasteiger partial charge in [-0.1, -0.05) is 6.92 Å². The normalized spacial score (nSPS) is 22.1. The number of cyclic esters (lactones) is 1. The van der Waals surface area contributed by atoms with Gasteiger partial charge in [-0.2, -0.15) is 0 Å². The number of pyridine rings is 2. The Hall–Kier alpha value is -3.27. The van der Waals surface area contributed by atoms with E-state index >= 15 is 0 Å². The maximum atomic E-state index is 13.4. The highest BCUT2D eigenvalue weighted by atomic mass is 16.6. The molecule has 0 aliphatic carbocycles. The van der Waals surface area contributed by atoms with Gasteiger partial charge in [0, 0.05) is 41.7 Å². The van der Waals surface area contributed by atoms with Gasteiger partial charge < -0.3 is 24.6 Å². The minimum Gasteiger partial charge on any atom is -0.508 e. The number of benzene rings is 1. The third kappa shape index (κ3) is 3.30. The van der Waals surface area contributed by atoms with Gasteiger partial charge in [0.15, 0.2) is 5.60 Å². The van der Waals surface area contributed by atoms with Crippen molar-refractivity contribution in [2.24, 2.45) is 0 Å². The molecule has 0 spiro atoms. The lowest BCUT2D eigenvalue weighted by Crippen LogP contribution is -2.44. The molecule has 9 nitrogen and oxygen atoms in total. The Labute approximate surface area is 201 Å². The molecule has 182 valence electrons. The number of esters is 1. The second kappa shape index (κ2) is 7.87. The predicted molar refractivity (Wildman–Crippen MR) is 127 cm³/mol. The fourth-order valence-electron chi connectivity index (χ4n) is 5.57. The van der Waals surface area contributed by atoms with Crippen LogP contribution in [0.3, 0.4) is 0 Å². The lowest BCUT2D eigenvalue weighted by Gasteiger charge is -2.31. The molecule has 3 N–H and O–H groups in total. The first-order chi connectivity index (χ1) is 16.8. The van der Waals surface area contributed by atoms with Gasteiger partial charge in [0.05, 0.1) is 35.1 Å². The van der Waals surface area contributed by atoms with Gasteiger partial charge in [0.2, 0.25) is 0 Å². The third-order valence-electron chi connectivity index (χ3n) is 7.72. The number of aromatic nitrogens is 2. The number of phenols is 1. The van der Waals surface area contributed by atoms with Crippen LogP contribution < -0.4 is 5.56 Å². The fraction of sp³-hybridized carbons (Fsp3) is 0.423. The van der Waals surface area contributed by atoms with Crippen molar-refractivity contribution >= 4 is 16.9 Å². The van der Waals surface area contributed by atoms with Crippen LogP contribution in [0.15, 0.2) is 29.1 Å². The van der Waals surface area contributed by atoms with Gasteiger partial charge in [0.1, 0.15) is 12.4 Å². The van der Waals surface area contributed by atoms with Crippen molar-refractivity contribution in [3.05, 3.63) is 56.9 Å². The van der Waals surface area contributed by atoms with E-state index in [-0.39, 0.29) is 30.4 Å². The summed E-state index contributed by atoms with van der Waals surface area (Å²) in [6.07, 6.45) is 1.23. The topological polar surface area (TPSA) is 125 Å². The van der Waals surface area contributed by atoms with Gasteiger partial charge >= 0.3 is 5.97 Å². The minimum absolute atomic E-state index is 0.0932. The number of ether oxygens (including phenoxy) is 1. The second-order valence-electron chi connectivity index (χ2n) is 9.74. The summed E-state index contributed by atoms with van der Waals surface area (Å²) in [6, 6.07) is 7.07. The summed E-state index contributed by atoms with van der Waals surface area (Å²) in [6.45, 7) is 3.87. The summed E-state index contributed by atoms with van der Waals surface area (Å²) in [5, 5.41) is 32.3. The van der Waals surface area contributed by atoms with E-state index in [1.807, 2.05) is 6.07 Å². The largest absolute Gasteiger partial charge is 0.508 e. The molecule has 6 rings (SSSR count). The number of aromatic hydroxyl groups is 1. The highest BCUT2D eigenvalue weighted by Crippen LogP contribution is 2.39. The quantitative estimate of drug-likeness (QED) is 0.381. The first-order valence-electron chi connectivity index (χ1n) is 12.0. The molecule has 5 heterocycles. The van der Waals surface area contributed by atoms with Crippen LogP contribution in [0, 0.1) is 0 Å². The number of likely N-dealkylation sites (tertiary alicyclic amines) is 1. The lowest BCUT2D eigenvalue weighted by atomic mass is 9.86. The summed E-state index contributed by atoms with van der Waals surface area (Å²) >= 11 is 0. The number of hydrogen-bond acceptors (Lipinski definition) is 8. The summed E-state index contributed by atoms with van der Waals surface area (Å²) in [7, 11) is 0. The fourth-order valence-corrected chi connectivity index (χ4v) is 5.57. The molecule has 1 fully saturated rings. The van der Waals surface area contributed by atoms with Crippen LogP contribution in [0.2, 0.25) is 0 Å². The van der Waals surface area contributed by atoms with Crippen molar-refractivity contribution < 1.29 is 24.9 Å². The van der Waals surface area contributed by atoms with E-state index in [0.717, 1.165) is 29.6 Å². The SMILES string of the molecule is CC[C@@]1(O)C(=O)OCc2c1cc1n(c2=O)Cc2cc3c(CN4CCC(O)CC4)c(O)ccc3nc2-1. The van der Waals surface area contributed by atoms with E-state index in [9.17, 15) is 24.9 Å². The van der Waals surface area contributed by atoms with Gasteiger partial charge in [-0.25, -0.2) is 9.78 Å². The number of carbonyl (C=O) groups is 1. The second-order valence-corrected chi connectivity index (χ2v) is 9.74. The smallest absolute Gasteiger partial charge is 0.343 e. The first-order valence-corrected chi connectivity index (χ1v) is 12.0. The molecule has 1 atom stereocenters. The van der Waals surface area contributed by atoms with E-state index in [2.05, 4.69) is 4.90 Å². The van der Waals surface area contributed by atoms with E-state index in [4.69, 9.17) is 9.72 Å². The molecule has 35 heavy (non-hydrogen) atoms. The molecule has 0 bridgehead atoms. The average Bonchev–Trinajstić information content (AvgIpc) is 3.21. The Balaban J connectivity index is 1.47. The summed E-state index contributed by atoms with van der Waals surface area (Å²) in [5.41, 5.74) is 1.93. The summed E-state index contributed by atoms with van der Waals surface area (Å²) in [5.74, 6) is -0.552. The van der Waals surface area contributed by atoms with E-state index in [1.165, 1.54) is 0 Å². The Morgan fingerprint density at radius 2 is 1.97 bits per heavy atom. The van der Waals surface area contributed by atoms with Crippen LogP contribution >= 0.6 is 0 Å². The van der Waals surface area contributed by atoms with Crippen molar-refractivity contribution in [1.29, 1.82) is 0 Å². The molecule has 3 aliphatic heterocycles. The Morgan fingerprint density at radius 1 is 1.20 bits per heavy atom. The van der Waals surface area contributed by atoms with E-state index < -0.39 is 11.6 Å². The van der Waals surface area contributed by atoms with Crippen LogP contribution in [0.1, 0.15) is 48.4 Å². The Bertz CT molecular complexity index is 1440. The zero-order chi connectivity index (χ0) is 24.5. The molecule has 9 heteroatoms. The van der Waals surface area contributed by atoms with Gasteiger partial charge in [-0.05, 0) is 43.5 Å². The average molecular weight is 478 g/mol. The number of fused-ring (bicyclic) bond motifs is 5. The van der Waals surface area contributed by atoms with Crippen molar-refractivity contribution in [3.63, 3.8) is 0 Å². The van der Waals surface area contributed by atoms with Crippen LogP contribution in [0.4, 0.5) is 0 Å². The molecular weight excluding hydrogens is 450 g/mol. The van der Waals surface area contributed by atoms with Crippen LogP contribution in [0.25, 0.3) is 22.3 Å². The third-order valence-corrected chi connectivity index (χ3v) is 7.72. The van der Waals surface area contributed by atoms with Crippen molar-refractivity contribution in [2.45, 2.75) is 57.6 Å². The highest BCUT2D eigenvalue weighted by molar-refractivity contribution is 5.89. The number of piperidine rings is 1. The van der Waals surface area contributed by atoms with Crippen LogP contribution in [-0.2, 0) is 34.8 Å². The molecule has 1 saturated heterocycles. The van der Waals surface area contributed by atoms with Gasteiger partial charge in [-0.15, -0.1) is 0 Å². The molecule has 3 aliphatic rings. The van der Waals surface area contributed by atoms with Crippen LogP contribution in [-0.4, -0.2) is 54.9 Å². The minimum atomic E-state index is -1.86. The highest BCUT2D eigenvalue weighted by Gasteiger charge is 2.45. The number of nitrogens with zero attached hydrogens (tertiary/aromatic N) is 3. The molecule has 0 saturated carbocycles. The molecule has 0 amide bonds.